The third-order valence-electron chi connectivity index (χ3n) is 5.81. The maximum absolute atomic E-state index is 12.3. The van der Waals surface area contributed by atoms with E-state index in [9.17, 15) is 22.8 Å². The van der Waals surface area contributed by atoms with Crippen molar-refractivity contribution >= 4 is 39.2 Å². The van der Waals surface area contributed by atoms with Gasteiger partial charge in [0.1, 0.15) is 17.2 Å². The van der Waals surface area contributed by atoms with Crippen molar-refractivity contribution < 1.29 is 32.6 Å². The van der Waals surface area contributed by atoms with E-state index in [0.29, 0.717) is 6.54 Å². The number of rotatable bonds is 13. The number of carbonyl (C=O) groups is 3. The van der Waals surface area contributed by atoms with Crippen LogP contribution < -0.4 is 10.1 Å². The lowest BCUT2D eigenvalue weighted by molar-refractivity contribution is -0.163. The molecule has 0 radical (unpaired) electrons. The van der Waals surface area contributed by atoms with Crippen LogP contribution in [0.1, 0.15) is 48.0 Å². The number of aryl methyl sites for hydroxylation is 1. The van der Waals surface area contributed by atoms with E-state index in [2.05, 4.69) is 5.32 Å². The normalized spacial score (nSPS) is 15.3. The molecule has 2 amide bonds. The highest BCUT2D eigenvalue weighted by Crippen LogP contribution is 2.30. The van der Waals surface area contributed by atoms with Crippen molar-refractivity contribution in [2.75, 3.05) is 19.3 Å². The summed E-state index contributed by atoms with van der Waals surface area (Å²) < 4.78 is 29.9. The number of hydrogen-bond donors (Lipinski definition) is 2. The average Bonchev–Trinajstić information content (AvgIpc) is 2.82. The van der Waals surface area contributed by atoms with Gasteiger partial charge in [0.15, 0.2) is 16.1 Å². The molecule has 11 heteroatoms. The van der Waals surface area contributed by atoms with Crippen molar-refractivity contribution in [3.05, 3.63) is 58.6 Å². The number of carboxylic acid groups (broad SMARTS) is 1. The molecule has 1 atom stereocenters. The minimum absolute atomic E-state index is 0.00914. The first-order valence-electron chi connectivity index (χ1n) is 11.6. The van der Waals surface area contributed by atoms with Gasteiger partial charge in [-0.3, -0.25) is 14.5 Å². The Bertz CT molecular complexity index is 1220. The maximum atomic E-state index is 12.3. The number of carboxylic acids is 1. The Morgan fingerprint density at radius 3 is 2.44 bits per heavy atom. The number of likely N-dealkylation sites (tertiary alicyclic amines) is 1. The molecule has 0 bridgehead atoms. The summed E-state index contributed by atoms with van der Waals surface area (Å²) in [7, 11) is -3.79. The van der Waals surface area contributed by atoms with E-state index in [1.54, 1.807) is 0 Å². The molecule has 1 saturated heterocycles. The fourth-order valence-corrected chi connectivity index (χ4v) is 4.74. The summed E-state index contributed by atoms with van der Waals surface area (Å²) in [5.74, 6) is -1.96. The molecular formula is C25H29ClN2O7S. The largest absolute Gasteiger partial charge is 0.478 e. The predicted octanol–water partition coefficient (Wildman–Crippen LogP) is 3.30. The number of aromatic carboxylic acids is 1. The molecule has 36 heavy (non-hydrogen) atoms. The highest BCUT2D eigenvalue weighted by Gasteiger charge is 2.39. The van der Waals surface area contributed by atoms with Gasteiger partial charge < -0.3 is 15.2 Å². The molecule has 1 unspecified atom stereocenters. The molecule has 2 aromatic carbocycles. The van der Waals surface area contributed by atoms with E-state index < -0.39 is 22.0 Å². The number of carbonyl (C=O) groups excluding carboxylic acids is 2. The summed E-state index contributed by atoms with van der Waals surface area (Å²) in [5.41, 5.74) is 1.04. The van der Waals surface area contributed by atoms with Crippen LogP contribution in [0.5, 0.6) is 5.75 Å². The Morgan fingerprint density at radius 1 is 1.11 bits per heavy atom. The summed E-state index contributed by atoms with van der Waals surface area (Å²) in [6.07, 6.45) is 4.94. The van der Waals surface area contributed by atoms with Gasteiger partial charge in [-0.05, 0) is 55.2 Å². The fourth-order valence-electron chi connectivity index (χ4n) is 3.79. The molecule has 0 aliphatic carbocycles. The van der Waals surface area contributed by atoms with Crippen LogP contribution in [-0.2, 0) is 25.8 Å². The SMILES string of the molecule is CS(=O)(=O)c1cc(C(=O)O)ccc1OC1CC(=O)N1CC(=O)NCCCCCCc1ccc(Cl)cc1. The molecule has 0 spiro atoms. The molecular weight excluding hydrogens is 508 g/mol. The van der Waals surface area contributed by atoms with Crippen LogP contribution in [0.4, 0.5) is 0 Å². The van der Waals surface area contributed by atoms with Crippen LogP contribution in [0.25, 0.3) is 0 Å². The first-order valence-corrected chi connectivity index (χ1v) is 13.9. The lowest BCUT2D eigenvalue weighted by Crippen LogP contribution is -2.58. The van der Waals surface area contributed by atoms with Gasteiger partial charge in [-0.2, -0.15) is 0 Å². The lowest BCUT2D eigenvalue weighted by atomic mass is 10.1. The third-order valence-corrected chi connectivity index (χ3v) is 7.18. The first-order chi connectivity index (χ1) is 17.0. The standard InChI is InChI=1S/C25H29ClN2O7S/c1-36(33,34)21-14-18(25(31)32)9-12-20(21)35-24-15-23(30)28(24)16-22(29)27-13-5-3-2-4-6-17-7-10-19(26)11-8-17/h7-12,14,24H,2-6,13,15-16H2,1H3,(H,27,29)(H,31,32). The average molecular weight is 537 g/mol. The molecule has 1 heterocycles. The van der Waals surface area contributed by atoms with E-state index in [-0.39, 0.29) is 41.0 Å². The molecule has 1 aliphatic rings. The molecule has 2 aromatic rings. The van der Waals surface area contributed by atoms with Gasteiger partial charge in [0.2, 0.25) is 11.8 Å². The summed E-state index contributed by atoms with van der Waals surface area (Å²) in [4.78, 5) is 36.5. The highest BCUT2D eigenvalue weighted by atomic mass is 35.5. The number of hydrogen-bond acceptors (Lipinski definition) is 6. The fraction of sp³-hybridized carbons (Fsp3) is 0.400. The van der Waals surface area contributed by atoms with Crippen molar-refractivity contribution in [1.82, 2.24) is 10.2 Å². The third kappa shape index (κ3) is 7.69. The van der Waals surface area contributed by atoms with E-state index in [1.165, 1.54) is 22.6 Å². The van der Waals surface area contributed by atoms with Crippen molar-refractivity contribution in [2.45, 2.75) is 49.6 Å². The Labute approximate surface area is 215 Å². The zero-order valence-electron chi connectivity index (χ0n) is 19.9. The maximum Gasteiger partial charge on any atom is 0.335 e. The Kier molecular flexibility index (Phi) is 9.33. The van der Waals surface area contributed by atoms with E-state index in [4.69, 9.17) is 21.4 Å². The number of unbranched alkanes of at least 4 members (excludes halogenated alkanes) is 3. The second-order valence-corrected chi connectivity index (χ2v) is 11.1. The zero-order valence-corrected chi connectivity index (χ0v) is 21.5. The van der Waals surface area contributed by atoms with Gasteiger partial charge in [-0.15, -0.1) is 0 Å². The smallest absolute Gasteiger partial charge is 0.335 e. The summed E-state index contributed by atoms with van der Waals surface area (Å²) in [5, 5.41) is 12.6. The van der Waals surface area contributed by atoms with Crippen molar-refractivity contribution in [3.63, 3.8) is 0 Å². The number of nitrogens with one attached hydrogen (secondary N) is 1. The van der Waals surface area contributed by atoms with Crippen LogP contribution in [0, 0.1) is 0 Å². The number of sulfone groups is 1. The lowest BCUT2D eigenvalue weighted by Gasteiger charge is -2.39. The molecule has 2 N–H and O–H groups in total. The topological polar surface area (TPSA) is 130 Å². The van der Waals surface area contributed by atoms with E-state index >= 15 is 0 Å². The summed E-state index contributed by atoms with van der Waals surface area (Å²) >= 11 is 5.89. The quantitative estimate of drug-likeness (QED) is 0.297. The minimum Gasteiger partial charge on any atom is -0.478 e. The van der Waals surface area contributed by atoms with Gasteiger partial charge in [0.05, 0.1) is 12.0 Å². The van der Waals surface area contributed by atoms with Gasteiger partial charge in [0, 0.05) is 17.8 Å². The van der Waals surface area contributed by atoms with Gasteiger partial charge in [0.25, 0.3) is 0 Å². The summed E-state index contributed by atoms with van der Waals surface area (Å²) in [6.45, 7) is 0.281. The van der Waals surface area contributed by atoms with Crippen LogP contribution in [0.3, 0.4) is 0 Å². The van der Waals surface area contributed by atoms with Gasteiger partial charge in [-0.25, -0.2) is 13.2 Å². The Balaban J connectivity index is 1.42. The molecule has 3 rings (SSSR count). The Hall–Kier alpha value is -3.11. The molecule has 0 aromatic heterocycles. The van der Waals surface area contributed by atoms with Crippen molar-refractivity contribution in [3.8, 4) is 5.75 Å². The molecule has 1 aliphatic heterocycles. The first kappa shape index (κ1) is 27.5. The summed E-state index contributed by atoms with van der Waals surface area (Å²) in [6, 6.07) is 11.3. The number of nitrogens with zero attached hydrogens (tertiary/aromatic N) is 1. The zero-order chi connectivity index (χ0) is 26.3. The number of halogens is 1. The molecule has 194 valence electrons. The number of ether oxygens (including phenoxy) is 1. The number of β-lactam (4-membered cyclic amide) rings is 1. The predicted molar refractivity (Wildman–Crippen MR) is 134 cm³/mol. The molecule has 9 nitrogen and oxygen atoms in total. The molecule has 0 saturated carbocycles. The number of amides is 2. The van der Waals surface area contributed by atoms with Gasteiger partial charge in [-0.1, -0.05) is 36.6 Å². The monoisotopic (exact) mass is 536 g/mol. The van der Waals surface area contributed by atoms with Crippen LogP contribution >= 0.6 is 11.6 Å². The van der Waals surface area contributed by atoms with Crippen LogP contribution in [0.15, 0.2) is 47.4 Å². The Morgan fingerprint density at radius 2 is 1.81 bits per heavy atom. The van der Waals surface area contributed by atoms with Crippen molar-refractivity contribution in [1.29, 1.82) is 0 Å². The second-order valence-electron chi connectivity index (χ2n) is 8.68. The van der Waals surface area contributed by atoms with Gasteiger partial charge >= 0.3 is 5.97 Å². The second kappa shape index (κ2) is 12.2. The van der Waals surface area contributed by atoms with E-state index in [1.807, 2.05) is 24.3 Å². The molecule has 1 fully saturated rings. The minimum atomic E-state index is -3.79. The van der Waals surface area contributed by atoms with Crippen molar-refractivity contribution in [2.24, 2.45) is 0 Å². The number of benzene rings is 2. The van der Waals surface area contributed by atoms with E-state index in [0.717, 1.165) is 49.4 Å². The highest BCUT2D eigenvalue weighted by molar-refractivity contribution is 7.90. The van der Waals surface area contributed by atoms with Crippen LogP contribution in [-0.4, -0.2) is 61.8 Å². The van der Waals surface area contributed by atoms with Crippen LogP contribution in [0.2, 0.25) is 5.02 Å².